The van der Waals surface area contributed by atoms with Gasteiger partial charge >= 0.3 is 0 Å². The number of aliphatic hydroxyl groups is 1. The topological polar surface area (TPSA) is 72.0 Å². The van der Waals surface area contributed by atoms with E-state index in [2.05, 4.69) is 9.97 Å². The lowest BCUT2D eigenvalue weighted by Crippen LogP contribution is -2.17. The Bertz CT molecular complexity index is 929. The number of oxazole rings is 1. The van der Waals surface area contributed by atoms with Crippen LogP contribution in [0.2, 0.25) is 5.02 Å². The van der Waals surface area contributed by atoms with E-state index in [1.54, 1.807) is 32.3 Å². The number of pyridine rings is 2. The highest BCUT2D eigenvalue weighted by Crippen LogP contribution is 2.42. The zero-order valence-electron chi connectivity index (χ0n) is 15.1. The quantitative estimate of drug-likeness (QED) is 0.614. The molecular weight excluding hydrogens is 382 g/mol. The van der Waals surface area contributed by atoms with Crippen LogP contribution >= 0.6 is 23.4 Å². The predicted molar refractivity (Wildman–Crippen MR) is 105 cm³/mol. The van der Waals surface area contributed by atoms with E-state index in [0.29, 0.717) is 21.7 Å². The Balaban J connectivity index is 1.69. The summed E-state index contributed by atoms with van der Waals surface area (Å²) in [4.78, 5) is 13.5. The van der Waals surface area contributed by atoms with Crippen LogP contribution in [0.25, 0.3) is 11.3 Å². The first-order chi connectivity index (χ1) is 12.9. The number of aromatic nitrogens is 3. The van der Waals surface area contributed by atoms with Gasteiger partial charge in [0.05, 0.1) is 10.7 Å². The Kier molecular flexibility index (Phi) is 4.97. The van der Waals surface area contributed by atoms with Crippen molar-refractivity contribution in [1.29, 1.82) is 0 Å². The predicted octanol–water partition coefficient (Wildman–Crippen LogP) is 5.43. The second-order valence-corrected chi connectivity index (χ2v) is 8.65. The molecule has 4 rings (SSSR count). The second kappa shape index (κ2) is 7.26. The summed E-state index contributed by atoms with van der Waals surface area (Å²) in [5.41, 5.74) is 1.24. The van der Waals surface area contributed by atoms with E-state index < -0.39 is 5.60 Å². The molecule has 0 aromatic carbocycles. The van der Waals surface area contributed by atoms with Gasteiger partial charge in [-0.15, -0.1) is 0 Å². The molecule has 0 atom stereocenters. The number of hydrogen-bond donors (Lipinski definition) is 1. The van der Waals surface area contributed by atoms with Crippen molar-refractivity contribution >= 4 is 23.4 Å². The Morgan fingerprint density at radius 2 is 1.96 bits per heavy atom. The molecule has 1 N–H and O–H groups in total. The molecule has 27 heavy (non-hydrogen) atoms. The van der Waals surface area contributed by atoms with Crippen molar-refractivity contribution < 1.29 is 9.52 Å². The minimum atomic E-state index is -0.982. The molecule has 0 aliphatic heterocycles. The van der Waals surface area contributed by atoms with Gasteiger partial charge in [-0.1, -0.05) is 18.0 Å². The van der Waals surface area contributed by atoms with E-state index >= 15 is 0 Å². The van der Waals surface area contributed by atoms with Crippen LogP contribution in [0, 0.1) is 0 Å². The standard InChI is InChI=1S/C20H20ClN3O2S/c1-20(2,25)15-8-6-13(10-22-15)17-19(26-18(24-17)12-4-3-5-12)27-16-9-7-14(21)11-23-16/h6-12,25H,3-5H2,1-2H3. The third kappa shape index (κ3) is 4.03. The Morgan fingerprint density at radius 1 is 1.15 bits per heavy atom. The van der Waals surface area contributed by atoms with Gasteiger partial charge in [0.1, 0.15) is 16.3 Å². The van der Waals surface area contributed by atoms with Gasteiger partial charge in [0.25, 0.3) is 0 Å². The fourth-order valence-corrected chi connectivity index (χ4v) is 3.75. The monoisotopic (exact) mass is 401 g/mol. The van der Waals surface area contributed by atoms with Crippen LogP contribution < -0.4 is 0 Å². The van der Waals surface area contributed by atoms with Crippen molar-refractivity contribution in [3.8, 4) is 11.3 Å². The average molecular weight is 402 g/mol. The molecule has 7 heteroatoms. The molecule has 0 spiro atoms. The van der Waals surface area contributed by atoms with Gasteiger partial charge < -0.3 is 9.52 Å². The van der Waals surface area contributed by atoms with Crippen molar-refractivity contribution in [2.24, 2.45) is 0 Å². The molecule has 1 saturated carbocycles. The molecule has 3 aromatic rings. The van der Waals surface area contributed by atoms with Gasteiger partial charge in [-0.3, -0.25) is 4.98 Å². The molecule has 5 nitrogen and oxygen atoms in total. The zero-order valence-corrected chi connectivity index (χ0v) is 16.7. The first kappa shape index (κ1) is 18.5. The Hall–Kier alpha value is -1.89. The van der Waals surface area contributed by atoms with Gasteiger partial charge in [-0.05, 0) is 62.7 Å². The van der Waals surface area contributed by atoms with Crippen molar-refractivity contribution in [1.82, 2.24) is 15.0 Å². The summed E-state index contributed by atoms with van der Waals surface area (Å²) in [6, 6.07) is 7.40. The fourth-order valence-electron chi connectivity index (χ4n) is 2.82. The molecule has 0 amide bonds. The minimum absolute atomic E-state index is 0.389. The highest BCUT2D eigenvalue weighted by atomic mass is 35.5. The first-order valence-electron chi connectivity index (χ1n) is 8.89. The van der Waals surface area contributed by atoms with Crippen molar-refractivity contribution in [3.63, 3.8) is 0 Å². The molecule has 3 heterocycles. The lowest BCUT2D eigenvalue weighted by molar-refractivity contribution is 0.0739. The smallest absolute Gasteiger partial charge is 0.199 e. The maximum Gasteiger partial charge on any atom is 0.199 e. The van der Waals surface area contributed by atoms with E-state index in [-0.39, 0.29) is 0 Å². The second-order valence-electron chi connectivity index (χ2n) is 7.22. The van der Waals surface area contributed by atoms with Gasteiger partial charge in [0.15, 0.2) is 11.0 Å². The third-order valence-corrected chi connectivity index (χ3v) is 5.76. The summed E-state index contributed by atoms with van der Waals surface area (Å²) in [6.07, 6.45) is 6.78. The molecule has 1 aliphatic rings. The third-order valence-electron chi connectivity index (χ3n) is 4.63. The van der Waals surface area contributed by atoms with Crippen molar-refractivity contribution in [2.75, 3.05) is 0 Å². The van der Waals surface area contributed by atoms with E-state index in [0.717, 1.165) is 35.0 Å². The van der Waals surface area contributed by atoms with E-state index in [4.69, 9.17) is 21.0 Å². The SMILES string of the molecule is CC(C)(O)c1ccc(-c2nc(C3CCC3)oc2Sc2ccc(Cl)cn2)cn1. The van der Waals surface area contributed by atoms with Crippen LogP contribution in [-0.4, -0.2) is 20.1 Å². The summed E-state index contributed by atoms with van der Waals surface area (Å²) in [6.45, 7) is 3.43. The largest absolute Gasteiger partial charge is 0.433 e. The molecule has 140 valence electrons. The van der Waals surface area contributed by atoms with E-state index in [9.17, 15) is 5.11 Å². The molecule has 0 bridgehead atoms. The van der Waals surface area contributed by atoms with Crippen LogP contribution in [0.15, 0.2) is 51.2 Å². The summed E-state index contributed by atoms with van der Waals surface area (Å²) in [5.74, 6) is 1.17. The van der Waals surface area contributed by atoms with Crippen LogP contribution in [0.5, 0.6) is 0 Å². The van der Waals surface area contributed by atoms with Gasteiger partial charge in [0, 0.05) is 23.9 Å². The maximum atomic E-state index is 10.1. The van der Waals surface area contributed by atoms with Gasteiger partial charge in [-0.2, -0.15) is 0 Å². The molecular formula is C20H20ClN3O2S. The van der Waals surface area contributed by atoms with Crippen LogP contribution in [0.4, 0.5) is 0 Å². The number of nitrogens with zero attached hydrogens (tertiary/aromatic N) is 3. The average Bonchev–Trinajstić information content (AvgIpc) is 2.98. The number of hydrogen-bond acceptors (Lipinski definition) is 6. The Labute approximate surface area is 167 Å². The zero-order chi connectivity index (χ0) is 19.0. The molecule has 1 fully saturated rings. The summed E-state index contributed by atoms with van der Waals surface area (Å²) >= 11 is 7.35. The summed E-state index contributed by atoms with van der Waals surface area (Å²) in [7, 11) is 0. The maximum absolute atomic E-state index is 10.1. The minimum Gasteiger partial charge on any atom is -0.433 e. The van der Waals surface area contributed by atoms with Crippen molar-refractivity contribution in [2.45, 2.75) is 54.7 Å². The summed E-state index contributed by atoms with van der Waals surface area (Å²) < 4.78 is 6.11. The highest BCUT2D eigenvalue weighted by molar-refractivity contribution is 7.99. The molecule has 0 radical (unpaired) electrons. The van der Waals surface area contributed by atoms with Crippen molar-refractivity contribution in [3.05, 3.63) is 53.3 Å². The van der Waals surface area contributed by atoms with Gasteiger partial charge in [0.2, 0.25) is 0 Å². The Morgan fingerprint density at radius 3 is 2.52 bits per heavy atom. The summed E-state index contributed by atoms with van der Waals surface area (Å²) in [5, 5.41) is 12.2. The molecule has 1 aliphatic carbocycles. The number of halogens is 1. The fraction of sp³-hybridized carbons (Fsp3) is 0.350. The molecule has 0 unspecified atom stereocenters. The molecule has 3 aromatic heterocycles. The first-order valence-corrected chi connectivity index (χ1v) is 10.1. The van der Waals surface area contributed by atoms with Crippen LogP contribution in [0.3, 0.4) is 0 Å². The van der Waals surface area contributed by atoms with E-state index in [1.807, 2.05) is 18.2 Å². The normalized spacial score (nSPS) is 15.0. The van der Waals surface area contributed by atoms with E-state index in [1.165, 1.54) is 18.2 Å². The lowest BCUT2D eigenvalue weighted by atomic mass is 9.85. The number of rotatable bonds is 5. The van der Waals surface area contributed by atoms with Crippen LogP contribution in [-0.2, 0) is 5.60 Å². The highest BCUT2D eigenvalue weighted by Gasteiger charge is 2.28. The van der Waals surface area contributed by atoms with Crippen LogP contribution in [0.1, 0.15) is 50.6 Å². The molecule has 0 saturated heterocycles. The van der Waals surface area contributed by atoms with Gasteiger partial charge in [-0.25, -0.2) is 9.97 Å². The lowest BCUT2D eigenvalue weighted by Gasteiger charge is -2.21.